The Morgan fingerprint density at radius 3 is 2.19 bits per heavy atom. The molecule has 0 fully saturated rings. The van der Waals surface area contributed by atoms with Crippen molar-refractivity contribution in [1.82, 2.24) is 4.57 Å². The Morgan fingerprint density at radius 1 is 1.04 bits per heavy atom. The van der Waals surface area contributed by atoms with E-state index in [-0.39, 0.29) is 5.56 Å². The van der Waals surface area contributed by atoms with Gasteiger partial charge in [-0.2, -0.15) is 4.99 Å². The van der Waals surface area contributed by atoms with Crippen LogP contribution in [0.15, 0.2) is 35.3 Å². The molecule has 9 nitrogen and oxygen atoms in total. The second kappa shape index (κ2) is 6.72. The molecule has 1 heterocycles. The molecule has 0 radical (unpaired) electrons. The van der Waals surface area contributed by atoms with Crippen molar-refractivity contribution in [1.29, 1.82) is 0 Å². The molecule has 0 saturated heterocycles. The summed E-state index contributed by atoms with van der Waals surface area (Å²) in [5, 5.41) is 22.0. The predicted octanol–water partition coefficient (Wildman–Crippen LogP) is 3.41. The van der Waals surface area contributed by atoms with Crippen LogP contribution in [0.3, 0.4) is 0 Å². The van der Waals surface area contributed by atoms with Crippen molar-refractivity contribution in [3.63, 3.8) is 0 Å². The molecule has 0 bridgehead atoms. The van der Waals surface area contributed by atoms with Crippen molar-refractivity contribution in [2.45, 2.75) is 13.8 Å². The van der Waals surface area contributed by atoms with Gasteiger partial charge in [-0.05, 0) is 31.0 Å². The van der Waals surface area contributed by atoms with Crippen LogP contribution in [0.1, 0.15) is 21.5 Å². The summed E-state index contributed by atoms with van der Waals surface area (Å²) in [7, 11) is 1.76. The number of amides is 1. The first-order valence-electron chi connectivity index (χ1n) is 7.77. The van der Waals surface area contributed by atoms with E-state index in [4.69, 9.17) is 0 Å². The number of rotatable bonds is 3. The van der Waals surface area contributed by atoms with E-state index in [0.717, 1.165) is 39.5 Å². The minimum absolute atomic E-state index is 0.207. The van der Waals surface area contributed by atoms with Gasteiger partial charge in [0.05, 0.1) is 31.7 Å². The second-order valence-electron chi connectivity index (χ2n) is 6.04. The van der Waals surface area contributed by atoms with Crippen LogP contribution in [0.25, 0.3) is 10.2 Å². The summed E-state index contributed by atoms with van der Waals surface area (Å²) < 4.78 is 2.73. The number of fused-ring (bicyclic) bond motifs is 1. The molecule has 10 heteroatoms. The lowest BCUT2D eigenvalue weighted by atomic mass is 10.1. The Hall–Kier alpha value is -3.40. The number of hydrogen-bond acceptors (Lipinski definition) is 6. The highest BCUT2D eigenvalue weighted by atomic mass is 32.1. The minimum atomic E-state index is -0.782. The monoisotopic (exact) mass is 386 g/mol. The van der Waals surface area contributed by atoms with Gasteiger partial charge >= 0.3 is 0 Å². The third-order valence-corrected chi connectivity index (χ3v) is 5.29. The van der Waals surface area contributed by atoms with E-state index < -0.39 is 27.1 Å². The fourth-order valence-electron chi connectivity index (χ4n) is 2.76. The SMILES string of the molecule is Cc1cc(C)c2sc(=NC(=O)c3cc([N+](=O)[O-])cc([N+](=O)[O-])c3)n(C)c2c1. The van der Waals surface area contributed by atoms with Crippen LogP contribution >= 0.6 is 11.3 Å². The lowest BCUT2D eigenvalue weighted by Gasteiger charge is -2.00. The van der Waals surface area contributed by atoms with Crippen molar-refractivity contribution in [3.05, 3.63) is 72.1 Å². The maximum absolute atomic E-state index is 12.5. The number of carbonyl (C=O) groups excluding carboxylic acids is 1. The smallest absolute Gasteiger partial charge is 0.280 e. The van der Waals surface area contributed by atoms with E-state index in [1.165, 1.54) is 11.3 Å². The molecule has 27 heavy (non-hydrogen) atoms. The lowest BCUT2D eigenvalue weighted by molar-refractivity contribution is -0.394. The standard InChI is InChI=1S/C17H14N4O5S/c1-9-4-10(2)15-14(5-9)19(3)17(27-15)18-16(22)11-6-12(20(23)24)8-13(7-11)21(25)26/h4-8H,1-3H3. The molecule has 2 aromatic carbocycles. The number of nitro groups is 2. The molecule has 0 atom stereocenters. The third kappa shape index (κ3) is 3.47. The summed E-state index contributed by atoms with van der Waals surface area (Å²) in [4.78, 5) is 37.4. The molecule has 3 rings (SSSR count). The molecule has 1 aromatic heterocycles. The van der Waals surface area contributed by atoms with Crippen LogP contribution in [0, 0.1) is 34.1 Å². The Bertz CT molecular complexity index is 1160. The van der Waals surface area contributed by atoms with E-state index in [1.54, 1.807) is 11.6 Å². The summed E-state index contributed by atoms with van der Waals surface area (Å²) >= 11 is 1.31. The quantitative estimate of drug-likeness (QED) is 0.504. The summed E-state index contributed by atoms with van der Waals surface area (Å²) in [5.74, 6) is -0.779. The summed E-state index contributed by atoms with van der Waals surface area (Å²) in [6.07, 6.45) is 0. The van der Waals surface area contributed by atoms with E-state index in [0.29, 0.717) is 4.80 Å². The molecule has 0 aliphatic rings. The first-order valence-corrected chi connectivity index (χ1v) is 8.58. The number of carbonyl (C=O) groups is 1. The van der Waals surface area contributed by atoms with Crippen LogP contribution < -0.4 is 4.80 Å². The number of nitrogens with zero attached hydrogens (tertiary/aromatic N) is 4. The molecule has 0 spiro atoms. The molecule has 0 unspecified atom stereocenters. The number of aromatic nitrogens is 1. The summed E-state index contributed by atoms with van der Waals surface area (Å²) in [5.41, 5.74) is 1.76. The van der Waals surface area contributed by atoms with Crippen molar-refractivity contribution in [3.8, 4) is 0 Å². The first kappa shape index (κ1) is 18.4. The zero-order valence-corrected chi connectivity index (χ0v) is 15.4. The van der Waals surface area contributed by atoms with Gasteiger partial charge in [-0.3, -0.25) is 25.0 Å². The van der Waals surface area contributed by atoms with Crippen molar-refractivity contribution < 1.29 is 14.6 Å². The maximum Gasteiger partial charge on any atom is 0.280 e. The van der Waals surface area contributed by atoms with Gasteiger partial charge in [0.15, 0.2) is 4.80 Å². The van der Waals surface area contributed by atoms with Crippen LogP contribution in [0.2, 0.25) is 0 Å². The average Bonchev–Trinajstić information content (AvgIpc) is 2.91. The molecule has 3 aromatic rings. The van der Waals surface area contributed by atoms with Gasteiger partial charge in [-0.25, -0.2) is 0 Å². The van der Waals surface area contributed by atoms with Crippen LogP contribution in [0.4, 0.5) is 11.4 Å². The Morgan fingerprint density at radius 2 is 1.63 bits per heavy atom. The summed E-state index contributed by atoms with van der Waals surface area (Å²) in [6.45, 7) is 3.93. The fraction of sp³-hybridized carbons (Fsp3) is 0.176. The highest BCUT2D eigenvalue weighted by Crippen LogP contribution is 2.24. The molecule has 0 aliphatic carbocycles. The molecule has 138 valence electrons. The van der Waals surface area contributed by atoms with Crippen LogP contribution in [-0.2, 0) is 7.05 Å². The van der Waals surface area contributed by atoms with Gasteiger partial charge in [-0.15, -0.1) is 0 Å². The molecule has 0 N–H and O–H groups in total. The zero-order chi connectivity index (χ0) is 19.9. The van der Waals surface area contributed by atoms with Crippen molar-refractivity contribution in [2.75, 3.05) is 0 Å². The van der Waals surface area contributed by atoms with E-state index in [9.17, 15) is 25.0 Å². The molecule has 0 saturated carbocycles. The maximum atomic E-state index is 12.5. The minimum Gasteiger partial charge on any atom is -0.319 e. The van der Waals surface area contributed by atoms with Crippen molar-refractivity contribution in [2.24, 2.45) is 12.0 Å². The number of hydrogen-bond donors (Lipinski definition) is 0. The number of benzene rings is 2. The summed E-state index contributed by atoms with van der Waals surface area (Å²) in [6, 6.07) is 6.78. The second-order valence-corrected chi connectivity index (χ2v) is 7.02. The van der Waals surface area contributed by atoms with Crippen LogP contribution in [0.5, 0.6) is 0 Å². The van der Waals surface area contributed by atoms with Gasteiger partial charge < -0.3 is 4.57 Å². The van der Waals surface area contributed by atoms with E-state index in [1.807, 2.05) is 26.0 Å². The predicted molar refractivity (Wildman–Crippen MR) is 99.9 cm³/mol. The lowest BCUT2D eigenvalue weighted by Crippen LogP contribution is -2.13. The highest BCUT2D eigenvalue weighted by Gasteiger charge is 2.20. The number of non-ortho nitro benzene ring substituents is 2. The Kier molecular flexibility index (Phi) is 4.58. The first-order chi connectivity index (χ1) is 12.7. The number of aryl methyl sites for hydroxylation is 3. The highest BCUT2D eigenvalue weighted by molar-refractivity contribution is 7.16. The molecular weight excluding hydrogens is 372 g/mol. The molecule has 0 aliphatic heterocycles. The third-order valence-electron chi connectivity index (χ3n) is 4.01. The van der Waals surface area contributed by atoms with Gasteiger partial charge in [-0.1, -0.05) is 17.4 Å². The average molecular weight is 386 g/mol. The van der Waals surface area contributed by atoms with Crippen molar-refractivity contribution >= 4 is 38.8 Å². The fourth-order valence-corrected chi connectivity index (χ4v) is 3.82. The normalized spacial score (nSPS) is 11.7. The molecular formula is C17H14N4O5S. The van der Waals surface area contributed by atoms with Crippen LogP contribution in [-0.4, -0.2) is 20.3 Å². The number of thiazole rings is 1. The van der Waals surface area contributed by atoms with Gasteiger partial charge in [0.25, 0.3) is 17.3 Å². The van der Waals surface area contributed by atoms with Gasteiger partial charge in [0.2, 0.25) is 0 Å². The Labute approximate surface area is 156 Å². The zero-order valence-electron chi connectivity index (χ0n) is 14.6. The molecule has 1 amide bonds. The van der Waals surface area contributed by atoms with Gasteiger partial charge in [0.1, 0.15) is 0 Å². The topological polar surface area (TPSA) is 121 Å². The Balaban J connectivity index is 2.16. The van der Waals surface area contributed by atoms with Gasteiger partial charge in [0, 0.05) is 19.2 Å². The van der Waals surface area contributed by atoms with E-state index in [2.05, 4.69) is 4.99 Å². The largest absolute Gasteiger partial charge is 0.319 e. The number of nitro benzene ring substituents is 2. The van der Waals surface area contributed by atoms with E-state index >= 15 is 0 Å².